The average Bonchev–Trinajstić information content (AvgIpc) is 2.93. The van der Waals surface area contributed by atoms with Crippen molar-refractivity contribution in [2.45, 2.75) is 25.7 Å². The Hall–Kier alpha value is -0.990. The predicted octanol–water partition coefficient (Wildman–Crippen LogP) is 3.92. The number of halogens is 2. The van der Waals surface area contributed by atoms with Crippen molar-refractivity contribution in [2.24, 2.45) is 11.3 Å². The molecule has 1 unspecified atom stereocenters. The molecule has 1 spiro atoms. The molecule has 0 aromatic heterocycles. The molecule has 0 heterocycles. The van der Waals surface area contributed by atoms with Crippen molar-refractivity contribution in [3.05, 3.63) is 33.3 Å². The van der Waals surface area contributed by atoms with Crippen LogP contribution in [-0.4, -0.2) is 10.9 Å². The number of rotatable bonds is 0. The maximum absolute atomic E-state index is 12.2. The summed E-state index contributed by atoms with van der Waals surface area (Å²) in [6.07, 6.45) is 3.57. The molecule has 0 amide bonds. The summed E-state index contributed by atoms with van der Waals surface area (Å²) in [6.45, 7) is 0. The standard InChI is InChI=1S/C15H12Cl2O2/c16-12-9-6-15-4-3-7(5-15)14(19)13(17)11(15)8(9)1-2-10(12)18/h1-2,7,18H,3-6H2/t7-,15?/m1/s1. The lowest BCUT2D eigenvalue weighted by Gasteiger charge is -2.30. The van der Waals surface area contributed by atoms with E-state index in [0.717, 1.165) is 42.4 Å². The first kappa shape index (κ1) is 11.8. The number of ketones is 1. The van der Waals surface area contributed by atoms with E-state index in [-0.39, 0.29) is 22.9 Å². The van der Waals surface area contributed by atoms with Crippen molar-refractivity contribution >= 4 is 34.6 Å². The lowest BCUT2D eigenvalue weighted by molar-refractivity contribution is -0.118. The Balaban J connectivity index is 2.03. The van der Waals surface area contributed by atoms with Gasteiger partial charge in [0.05, 0.1) is 10.1 Å². The van der Waals surface area contributed by atoms with E-state index in [4.69, 9.17) is 23.2 Å². The van der Waals surface area contributed by atoms with Crippen LogP contribution in [0.5, 0.6) is 5.75 Å². The molecule has 0 aliphatic heterocycles. The molecule has 2 bridgehead atoms. The maximum Gasteiger partial charge on any atom is 0.177 e. The molecular weight excluding hydrogens is 283 g/mol. The van der Waals surface area contributed by atoms with Crippen LogP contribution < -0.4 is 0 Å². The van der Waals surface area contributed by atoms with Gasteiger partial charge in [-0.25, -0.2) is 0 Å². The van der Waals surface area contributed by atoms with Crippen LogP contribution in [-0.2, 0) is 11.2 Å². The lowest BCUT2D eigenvalue weighted by Crippen LogP contribution is -2.25. The molecule has 3 aliphatic rings. The molecule has 98 valence electrons. The fourth-order valence-electron chi connectivity index (χ4n) is 4.12. The molecule has 2 nitrogen and oxygen atoms in total. The van der Waals surface area contributed by atoms with Crippen LogP contribution in [0.3, 0.4) is 0 Å². The third-order valence-electron chi connectivity index (χ3n) is 4.95. The van der Waals surface area contributed by atoms with E-state index in [1.807, 2.05) is 6.07 Å². The number of phenolic OH excluding ortho intramolecular Hbond substituents is 1. The molecule has 4 heteroatoms. The highest BCUT2D eigenvalue weighted by Gasteiger charge is 2.54. The van der Waals surface area contributed by atoms with Crippen LogP contribution in [0.15, 0.2) is 17.2 Å². The highest BCUT2D eigenvalue weighted by molar-refractivity contribution is 6.47. The molecular formula is C15H12Cl2O2. The van der Waals surface area contributed by atoms with Crippen LogP contribution in [0.1, 0.15) is 30.4 Å². The third kappa shape index (κ3) is 1.31. The van der Waals surface area contributed by atoms with Crippen molar-refractivity contribution in [3.8, 4) is 5.75 Å². The van der Waals surface area contributed by atoms with Crippen LogP contribution in [0, 0.1) is 11.3 Å². The second-order valence-electron chi connectivity index (χ2n) is 5.87. The zero-order valence-corrected chi connectivity index (χ0v) is 11.7. The minimum atomic E-state index is -0.0184. The van der Waals surface area contributed by atoms with Crippen molar-refractivity contribution in [3.63, 3.8) is 0 Å². The number of hydrogen-bond donors (Lipinski definition) is 1. The highest BCUT2D eigenvalue weighted by atomic mass is 35.5. The van der Waals surface area contributed by atoms with Crippen LogP contribution >= 0.6 is 23.2 Å². The Bertz CT molecular complexity index is 662. The largest absolute Gasteiger partial charge is 0.506 e. The van der Waals surface area contributed by atoms with Gasteiger partial charge in [-0.1, -0.05) is 29.3 Å². The monoisotopic (exact) mass is 294 g/mol. The van der Waals surface area contributed by atoms with Gasteiger partial charge in [-0.15, -0.1) is 0 Å². The Morgan fingerprint density at radius 2 is 2.11 bits per heavy atom. The fraction of sp³-hybridized carbons (Fsp3) is 0.400. The molecule has 1 fully saturated rings. The Morgan fingerprint density at radius 3 is 2.89 bits per heavy atom. The van der Waals surface area contributed by atoms with Crippen LogP contribution in [0.4, 0.5) is 0 Å². The summed E-state index contributed by atoms with van der Waals surface area (Å²) in [5, 5.41) is 10.6. The topological polar surface area (TPSA) is 37.3 Å². The van der Waals surface area contributed by atoms with Crippen molar-refractivity contribution in [1.29, 1.82) is 0 Å². The molecule has 1 aromatic carbocycles. The number of aromatic hydroxyl groups is 1. The highest BCUT2D eigenvalue weighted by Crippen LogP contribution is 2.63. The minimum absolute atomic E-state index is 0.0184. The van der Waals surface area contributed by atoms with E-state index in [2.05, 4.69) is 0 Å². The first-order valence-electron chi connectivity index (χ1n) is 6.49. The van der Waals surface area contributed by atoms with E-state index < -0.39 is 0 Å². The normalized spacial score (nSPS) is 31.7. The number of hydrogen-bond acceptors (Lipinski definition) is 2. The summed E-state index contributed by atoms with van der Waals surface area (Å²) in [6, 6.07) is 3.43. The number of fused-ring (bicyclic) bond motifs is 3. The SMILES string of the molecule is O=C1C(Cl)=C2c3ccc(O)c(Cl)c3CC23CC[C@@H]1C3. The van der Waals surface area contributed by atoms with Crippen molar-refractivity contribution in [1.82, 2.24) is 0 Å². The molecule has 19 heavy (non-hydrogen) atoms. The van der Waals surface area contributed by atoms with E-state index in [1.165, 1.54) is 0 Å². The zero-order chi connectivity index (χ0) is 13.4. The van der Waals surface area contributed by atoms with Gasteiger partial charge in [-0.2, -0.15) is 0 Å². The number of carbonyl (C=O) groups excluding carboxylic acids is 1. The molecule has 1 saturated carbocycles. The lowest BCUT2D eigenvalue weighted by atomic mass is 9.74. The van der Waals surface area contributed by atoms with Gasteiger partial charge in [0.1, 0.15) is 5.75 Å². The van der Waals surface area contributed by atoms with Gasteiger partial charge in [0.2, 0.25) is 0 Å². The molecule has 2 atom stereocenters. The Kier molecular flexibility index (Phi) is 2.21. The van der Waals surface area contributed by atoms with E-state index >= 15 is 0 Å². The smallest absolute Gasteiger partial charge is 0.177 e. The average molecular weight is 295 g/mol. The summed E-state index contributed by atoms with van der Waals surface area (Å²) >= 11 is 12.6. The Morgan fingerprint density at radius 1 is 1.32 bits per heavy atom. The first-order valence-corrected chi connectivity index (χ1v) is 7.24. The molecule has 4 rings (SSSR count). The second kappa shape index (κ2) is 3.56. The number of Topliss-reactive ketones (excluding diaryl/α,β-unsaturated/α-hetero) is 1. The summed E-state index contributed by atoms with van der Waals surface area (Å²) in [4.78, 5) is 12.2. The Labute approximate surface area is 121 Å². The zero-order valence-electron chi connectivity index (χ0n) is 10.2. The summed E-state index contributed by atoms with van der Waals surface area (Å²) in [5.41, 5.74) is 2.87. The van der Waals surface area contributed by atoms with E-state index in [1.54, 1.807) is 6.07 Å². The number of allylic oxidation sites excluding steroid dienone is 2. The fourth-order valence-corrected chi connectivity index (χ4v) is 4.81. The summed E-state index contributed by atoms with van der Waals surface area (Å²) in [7, 11) is 0. The molecule has 3 aliphatic carbocycles. The van der Waals surface area contributed by atoms with Gasteiger partial charge in [0, 0.05) is 11.3 Å². The van der Waals surface area contributed by atoms with Gasteiger partial charge in [0.15, 0.2) is 5.78 Å². The predicted molar refractivity (Wildman–Crippen MR) is 74.4 cm³/mol. The number of carbonyl (C=O) groups is 1. The van der Waals surface area contributed by atoms with Crippen molar-refractivity contribution in [2.75, 3.05) is 0 Å². The molecule has 1 N–H and O–H groups in total. The van der Waals surface area contributed by atoms with Crippen LogP contribution in [0.25, 0.3) is 5.57 Å². The molecule has 1 aromatic rings. The van der Waals surface area contributed by atoms with Crippen LogP contribution in [0.2, 0.25) is 5.02 Å². The third-order valence-corrected chi connectivity index (χ3v) is 5.75. The summed E-state index contributed by atoms with van der Waals surface area (Å²) < 4.78 is 0. The minimum Gasteiger partial charge on any atom is -0.506 e. The number of phenols is 1. The van der Waals surface area contributed by atoms with Gasteiger partial charge < -0.3 is 5.11 Å². The quantitative estimate of drug-likeness (QED) is 0.787. The van der Waals surface area contributed by atoms with Gasteiger partial charge in [-0.3, -0.25) is 4.79 Å². The maximum atomic E-state index is 12.2. The summed E-state index contributed by atoms with van der Waals surface area (Å²) in [5.74, 6) is 0.271. The molecule has 0 saturated heterocycles. The van der Waals surface area contributed by atoms with E-state index in [9.17, 15) is 9.90 Å². The van der Waals surface area contributed by atoms with E-state index in [0.29, 0.717) is 10.1 Å². The second-order valence-corrected chi connectivity index (χ2v) is 6.63. The molecule has 0 radical (unpaired) electrons. The van der Waals surface area contributed by atoms with Gasteiger partial charge in [-0.05, 0) is 48.4 Å². The number of benzene rings is 1. The van der Waals surface area contributed by atoms with Gasteiger partial charge in [0.25, 0.3) is 0 Å². The van der Waals surface area contributed by atoms with Crippen molar-refractivity contribution < 1.29 is 9.90 Å². The first-order chi connectivity index (χ1) is 9.03. The van der Waals surface area contributed by atoms with Gasteiger partial charge >= 0.3 is 0 Å².